The van der Waals surface area contributed by atoms with Crippen LogP contribution in [0.15, 0.2) is 128 Å². The van der Waals surface area contributed by atoms with Gasteiger partial charge in [-0.2, -0.15) is 0 Å². The molecule has 78 heavy (non-hydrogen) atoms. The minimum absolute atomic E-state index is 0.497. The van der Waals surface area contributed by atoms with Gasteiger partial charge < -0.3 is 39.7 Å². The Morgan fingerprint density at radius 2 is 0.744 bits per heavy atom. The molecule has 15 heteroatoms. The third kappa shape index (κ3) is 36.9. The maximum atomic E-state index is 12.5. The normalized spacial score (nSPS) is 21.6. The lowest BCUT2D eigenvalue weighted by Gasteiger charge is -2.43. The first-order valence-corrected chi connectivity index (χ1v) is 31.4. The van der Waals surface area contributed by atoms with E-state index in [0.717, 1.165) is 128 Å². The lowest BCUT2D eigenvalue weighted by atomic mass is 9.97. The number of allylic oxidation sites excluding steroid dienone is 21. The maximum absolute atomic E-state index is 12.5. The van der Waals surface area contributed by atoms with Crippen molar-refractivity contribution in [1.82, 2.24) is 5.32 Å². The Labute approximate surface area is 472 Å². The van der Waals surface area contributed by atoms with Gasteiger partial charge >= 0.3 is 0 Å². The molecule has 1 aliphatic heterocycles. The average Bonchev–Trinajstić information content (AvgIpc) is 3.33. The van der Waals surface area contributed by atoms with Crippen molar-refractivity contribution in [3.05, 3.63) is 128 Å². The lowest BCUT2D eigenvalue weighted by Crippen LogP contribution is -2.64. The molecule has 0 saturated carbocycles. The molecule has 0 aromatic carbocycles. The number of ether oxygens (including phenoxy) is 1. The molecule has 1 rings (SSSR count). The molecule has 13 nitrogen and oxygen atoms in total. The highest BCUT2D eigenvalue weighted by Crippen LogP contribution is 2.56. The summed E-state index contributed by atoms with van der Waals surface area (Å²) in [5.74, 6) is -0.740. The summed E-state index contributed by atoms with van der Waals surface area (Å²) in [6.07, 6.45) is 39.2. The second-order valence-corrected chi connectivity index (χ2v) is 24.9. The van der Waals surface area contributed by atoms with Crippen molar-refractivity contribution >= 4 is 21.6 Å². The number of carbonyl (C=O) groups excluding carboxylic acids is 1. The Balaban J connectivity index is 2.33. The highest BCUT2D eigenvalue weighted by Gasteiger charge is 2.47. The standard InChI is InChI=1S/C63H105NO12P2/c1-47(2)24-14-25-48(3)26-15-27-49(4)28-16-29-50(5)30-17-31-51(6)32-18-33-52(7)34-19-35-53(8)36-20-37-54(9)38-21-39-55(10)40-22-41-56(11)42-23-43-57(12)44-45-73-77(69,70)76-78(71,72)75-63-60(64-58(13)66)62(68)61(67)59(46-65)74-63/h24,26,28,30,32,34,36,38,40,42,44,59-63,65,67-68H,14-23,25,27,29,31,33,35,37,39,41,43,45-46H2,1-13H3,(H,64,66)(H,69,70)(H,71,72)/p-2/b48-26+,49-28+,50-30-,51-32-,52-34-,53-36-,54-38-,55-40-,56-42-,57-44-/t59-,60-,61-,62-,63-/m1/s1. The van der Waals surface area contributed by atoms with Crippen LogP contribution in [0.1, 0.15) is 218 Å². The van der Waals surface area contributed by atoms with Gasteiger partial charge in [0.15, 0.2) is 6.29 Å². The Morgan fingerprint density at radius 1 is 0.462 bits per heavy atom. The molecule has 0 aromatic heterocycles. The zero-order chi connectivity index (χ0) is 58.7. The number of rotatable bonds is 39. The second kappa shape index (κ2) is 40.8. The smallest absolute Gasteiger partial charge is 0.276 e. The van der Waals surface area contributed by atoms with Gasteiger partial charge in [0.05, 0.1) is 13.2 Å². The number of nitrogens with one attached hydrogen (secondary N) is 1. The SMILES string of the molecule is CC(=O)N[C@H]1[C@@H](OP(=O)([O-])OP(=O)([O-])OC/C=C(/C)CC/C=C(/C)CC/C=C(/C)CC/C=C(/C)CC/C=C(/C)CC/C=C(/C)CC/C=C(/C)CC/C=C(/C)CC/C=C(\C)CC/C=C(\C)CCC=C(C)C)O[C@H](CO)[C@@H](O)[C@@H]1O. The van der Waals surface area contributed by atoms with Crippen LogP contribution < -0.4 is 15.1 Å². The van der Waals surface area contributed by atoms with Crippen LogP contribution >= 0.6 is 15.6 Å². The second-order valence-electron chi connectivity index (χ2n) is 22.0. The van der Waals surface area contributed by atoms with Crippen molar-refractivity contribution in [1.29, 1.82) is 0 Å². The van der Waals surface area contributed by atoms with E-state index < -0.39 is 65.4 Å². The number of aliphatic hydroxyl groups is 3. The molecule has 0 aromatic rings. The monoisotopic (exact) mass is 1130 g/mol. The summed E-state index contributed by atoms with van der Waals surface area (Å²) >= 11 is 0. The predicted molar refractivity (Wildman–Crippen MR) is 318 cm³/mol. The Kier molecular flexibility index (Phi) is 38.1. The zero-order valence-electron chi connectivity index (χ0n) is 50.2. The molecule has 1 heterocycles. The van der Waals surface area contributed by atoms with Gasteiger partial charge in [0.25, 0.3) is 15.6 Å². The summed E-state index contributed by atoms with van der Waals surface area (Å²) in [7, 11) is -11.2. The summed E-state index contributed by atoms with van der Waals surface area (Å²) in [5, 5.41) is 32.0. The largest absolute Gasteiger partial charge is 0.756 e. The number of hydrogen-bond donors (Lipinski definition) is 4. The molecule has 0 bridgehead atoms. The Morgan fingerprint density at radius 3 is 1.01 bits per heavy atom. The quantitative estimate of drug-likeness (QED) is 0.0335. The minimum Gasteiger partial charge on any atom is -0.756 e. The van der Waals surface area contributed by atoms with Crippen LogP contribution in [-0.4, -0.2) is 65.1 Å². The van der Waals surface area contributed by atoms with Gasteiger partial charge in [0.1, 0.15) is 24.4 Å². The number of amides is 1. The fourth-order valence-corrected chi connectivity index (χ4v) is 10.7. The highest BCUT2D eigenvalue weighted by atomic mass is 31.3. The van der Waals surface area contributed by atoms with Gasteiger partial charge in [-0.3, -0.25) is 18.4 Å². The average molecular weight is 1130 g/mol. The van der Waals surface area contributed by atoms with Gasteiger partial charge in [-0.1, -0.05) is 128 Å². The van der Waals surface area contributed by atoms with E-state index in [1.54, 1.807) is 6.92 Å². The predicted octanol–water partition coefficient (Wildman–Crippen LogP) is 15.1. The number of hydrogen-bond acceptors (Lipinski definition) is 12. The molecule has 0 radical (unpaired) electrons. The zero-order valence-corrected chi connectivity index (χ0v) is 52.0. The molecule has 444 valence electrons. The molecular formula is C63H103NO12P2-2. The van der Waals surface area contributed by atoms with E-state index in [1.165, 1.54) is 68.2 Å². The van der Waals surface area contributed by atoms with E-state index >= 15 is 0 Å². The first-order chi connectivity index (χ1) is 36.7. The summed E-state index contributed by atoms with van der Waals surface area (Å²) < 4.78 is 43.5. The number of phosphoric ester groups is 2. The van der Waals surface area contributed by atoms with Gasteiger partial charge in [-0.15, -0.1) is 0 Å². The van der Waals surface area contributed by atoms with Crippen LogP contribution in [0.4, 0.5) is 0 Å². The van der Waals surface area contributed by atoms with E-state index in [1.807, 2.05) is 0 Å². The van der Waals surface area contributed by atoms with E-state index in [4.69, 9.17) is 9.26 Å². The van der Waals surface area contributed by atoms with Gasteiger partial charge in [-0.25, -0.2) is 4.31 Å². The van der Waals surface area contributed by atoms with Crippen LogP contribution in [0.3, 0.4) is 0 Å². The molecule has 0 aliphatic carbocycles. The van der Waals surface area contributed by atoms with Crippen molar-refractivity contribution in [2.75, 3.05) is 13.2 Å². The van der Waals surface area contributed by atoms with Crippen LogP contribution in [0.5, 0.6) is 0 Å². The summed E-state index contributed by atoms with van der Waals surface area (Å²) in [6.45, 7) is 26.0. The van der Waals surface area contributed by atoms with Crippen molar-refractivity contribution in [3.63, 3.8) is 0 Å². The molecule has 2 unspecified atom stereocenters. The van der Waals surface area contributed by atoms with Gasteiger partial charge in [0.2, 0.25) is 5.91 Å². The Bertz CT molecular complexity index is 2260. The minimum atomic E-state index is -5.73. The first-order valence-electron chi connectivity index (χ1n) is 28.5. The van der Waals surface area contributed by atoms with Crippen molar-refractivity contribution in [2.45, 2.75) is 249 Å². The first kappa shape index (κ1) is 72.7. The molecule has 0 spiro atoms. The van der Waals surface area contributed by atoms with E-state index in [-0.39, 0.29) is 0 Å². The van der Waals surface area contributed by atoms with Crippen LogP contribution in [0.2, 0.25) is 0 Å². The van der Waals surface area contributed by atoms with Crippen molar-refractivity contribution in [2.24, 2.45) is 0 Å². The molecular weight excluding hydrogens is 1020 g/mol. The fourth-order valence-electron chi connectivity index (χ4n) is 8.65. The van der Waals surface area contributed by atoms with E-state index in [2.05, 4.69) is 151 Å². The van der Waals surface area contributed by atoms with Crippen molar-refractivity contribution in [3.8, 4) is 0 Å². The number of phosphoric acid groups is 2. The maximum Gasteiger partial charge on any atom is 0.276 e. The summed E-state index contributed by atoms with van der Waals surface area (Å²) in [4.78, 5) is 36.4. The van der Waals surface area contributed by atoms with Crippen LogP contribution in [0, 0.1) is 0 Å². The molecule has 7 atom stereocenters. The summed E-state index contributed by atoms with van der Waals surface area (Å²) in [6, 6.07) is -1.64. The molecule has 4 N–H and O–H groups in total. The summed E-state index contributed by atoms with van der Waals surface area (Å²) in [5.41, 5.74) is 15.2. The molecule has 1 fully saturated rings. The topological polar surface area (TPSA) is 207 Å². The van der Waals surface area contributed by atoms with E-state index in [9.17, 15) is 39.0 Å². The number of carbonyl (C=O) groups is 1. The highest BCUT2D eigenvalue weighted by molar-refractivity contribution is 7.59. The number of aliphatic hydroxyl groups excluding tert-OH is 3. The Hall–Kier alpha value is -3.29. The van der Waals surface area contributed by atoms with Crippen LogP contribution in [-0.2, 0) is 32.0 Å². The molecule has 1 aliphatic rings. The van der Waals surface area contributed by atoms with Gasteiger partial charge in [0, 0.05) is 6.92 Å². The van der Waals surface area contributed by atoms with Crippen LogP contribution in [0.25, 0.3) is 0 Å². The third-order valence-electron chi connectivity index (χ3n) is 13.7. The van der Waals surface area contributed by atoms with Gasteiger partial charge in [-0.05, 0) is 212 Å². The van der Waals surface area contributed by atoms with E-state index in [0.29, 0.717) is 6.42 Å². The molecule has 1 saturated heterocycles. The van der Waals surface area contributed by atoms with Crippen molar-refractivity contribution < 1.29 is 57.1 Å². The third-order valence-corrected chi connectivity index (χ3v) is 16.3. The fraction of sp³-hybridized carbons (Fsp3) is 0.635. The lowest BCUT2D eigenvalue weighted by molar-refractivity contribution is -0.284. The molecule has 1 amide bonds.